The molecule has 2 heterocycles. The predicted octanol–water partition coefficient (Wildman–Crippen LogP) is 1.90. The first-order valence-electron chi connectivity index (χ1n) is 10.6. The van der Waals surface area contributed by atoms with E-state index in [4.69, 9.17) is 0 Å². The summed E-state index contributed by atoms with van der Waals surface area (Å²) in [6.07, 6.45) is 2.47. The highest BCUT2D eigenvalue weighted by molar-refractivity contribution is 7.91. The first kappa shape index (κ1) is 23.9. The molecule has 0 fully saturated rings. The Kier molecular flexibility index (Phi) is 7.29. The van der Waals surface area contributed by atoms with Crippen molar-refractivity contribution in [2.45, 2.75) is 52.0 Å². The number of sulfonamides is 1. The van der Waals surface area contributed by atoms with Crippen LogP contribution >= 0.6 is 0 Å². The minimum absolute atomic E-state index is 0.0360. The zero-order valence-corrected chi connectivity index (χ0v) is 19.5. The molecule has 2 atom stereocenters. The maximum Gasteiger partial charge on any atom is 0.241 e. The summed E-state index contributed by atoms with van der Waals surface area (Å²) in [7, 11) is -3.59. The van der Waals surface area contributed by atoms with Crippen molar-refractivity contribution in [3.05, 3.63) is 35.2 Å². The molecule has 4 N–H and O–H groups in total. The van der Waals surface area contributed by atoms with Gasteiger partial charge in [0, 0.05) is 12.1 Å². The van der Waals surface area contributed by atoms with Crippen LogP contribution in [0, 0.1) is 5.92 Å². The SMILES string of the molecule is CC(C)CC(CO)Nc1nc(CC(C)c2cccc3c2NC(=O)C3)nc(NS(C)(=O)=O)n1. The van der Waals surface area contributed by atoms with Crippen LogP contribution in [-0.4, -0.2) is 53.3 Å². The van der Waals surface area contributed by atoms with E-state index in [0.29, 0.717) is 31.0 Å². The fraction of sp³-hybridized carbons (Fsp3) is 0.524. The Morgan fingerprint density at radius 1 is 1.16 bits per heavy atom. The molecule has 1 aromatic heterocycles. The molecule has 32 heavy (non-hydrogen) atoms. The van der Waals surface area contributed by atoms with Crippen molar-refractivity contribution in [3.63, 3.8) is 0 Å². The summed E-state index contributed by atoms with van der Waals surface area (Å²) in [5.41, 5.74) is 2.74. The number of carbonyl (C=O) groups is 1. The average Bonchev–Trinajstić information content (AvgIpc) is 3.05. The number of para-hydroxylation sites is 1. The van der Waals surface area contributed by atoms with E-state index in [2.05, 4.69) is 30.3 Å². The smallest absolute Gasteiger partial charge is 0.241 e. The fourth-order valence-electron chi connectivity index (χ4n) is 3.79. The van der Waals surface area contributed by atoms with E-state index in [1.54, 1.807) is 0 Å². The van der Waals surface area contributed by atoms with E-state index in [-0.39, 0.29) is 36.4 Å². The molecule has 0 saturated carbocycles. The van der Waals surface area contributed by atoms with E-state index in [0.717, 1.165) is 23.1 Å². The fourth-order valence-corrected chi connectivity index (χ4v) is 4.21. The van der Waals surface area contributed by atoms with Gasteiger partial charge in [0.25, 0.3) is 0 Å². The maximum atomic E-state index is 11.8. The molecule has 2 aromatic rings. The standard InChI is InChI=1S/C21H30N6O4S/c1-12(2)8-15(11-28)22-20-23-17(24-21(26-20)27-32(4,30)31)9-13(3)16-7-5-6-14-10-18(29)25-19(14)16/h5-7,12-13,15,28H,8-11H2,1-4H3,(H,25,29)(H2,22,23,24,26,27). The van der Waals surface area contributed by atoms with E-state index in [1.165, 1.54) is 0 Å². The Hall–Kier alpha value is -2.79. The van der Waals surface area contributed by atoms with Gasteiger partial charge in [0.15, 0.2) is 0 Å². The number of hydrogen-bond acceptors (Lipinski definition) is 8. The number of aromatic nitrogens is 3. The quantitative estimate of drug-likeness (QED) is 0.419. The normalized spacial score (nSPS) is 15.2. The number of nitrogens with one attached hydrogen (secondary N) is 3. The van der Waals surface area contributed by atoms with Gasteiger partial charge < -0.3 is 15.7 Å². The predicted molar refractivity (Wildman–Crippen MR) is 123 cm³/mol. The van der Waals surface area contributed by atoms with E-state index < -0.39 is 10.0 Å². The second kappa shape index (κ2) is 9.78. The molecule has 0 spiro atoms. The Morgan fingerprint density at radius 3 is 2.53 bits per heavy atom. The van der Waals surface area contributed by atoms with E-state index in [9.17, 15) is 18.3 Å². The number of carbonyl (C=O) groups excluding carboxylic acids is 1. The van der Waals surface area contributed by atoms with Gasteiger partial charge in [0.05, 0.1) is 25.3 Å². The van der Waals surface area contributed by atoms with Crippen molar-refractivity contribution < 1.29 is 18.3 Å². The van der Waals surface area contributed by atoms with Gasteiger partial charge in [0.2, 0.25) is 27.8 Å². The molecule has 0 aliphatic carbocycles. The molecule has 11 heteroatoms. The highest BCUT2D eigenvalue weighted by atomic mass is 32.2. The number of amides is 1. The molecule has 0 radical (unpaired) electrons. The number of fused-ring (bicyclic) bond motifs is 1. The second-order valence-corrected chi connectivity index (χ2v) is 10.4. The van der Waals surface area contributed by atoms with Gasteiger partial charge in [0.1, 0.15) is 5.82 Å². The summed E-state index contributed by atoms with van der Waals surface area (Å²) in [4.78, 5) is 24.7. The third kappa shape index (κ3) is 6.36. The molecule has 2 unspecified atom stereocenters. The van der Waals surface area contributed by atoms with E-state index in [1.807, 2.05) is 39.0 Å². The van der Waals surface area contributed by atoms with Crippen LogP contribution in [0.4, 0.5) is 17.6 Å². The first-order chi connectivity index (χ1) is 15.0. The Balaban J connectivity index is 1.89. The molecular formula is C21H30N6O4S. The van der Waals surface area contributed by atoms with Crippen LogP contribution in [0.3, 0.4) is 0 Å². The molecule has 10 nitrogen and oxygen atoms in total. The summed E-state index contributed by atoms with van der Waals surface area (Å²) >= 11 is 0. The molecule has 1 aliphatic heterocycles. The van der Waals surface area contributed by atoms with Crippen LogP contribution in [0.5, 0.6) is 0 Å². The summed E-state index contributed by atoms with van der Waals surface area (Å²) in [6, 6.07) is 5.52. The third-order valence-electron chi connectivity index (χ3n) is 5.09. The third-order valence-corrected chi connectivity index (χ3v) is 5.64. The molecule has 0 bridgehead atoms. The van der Waals surface area contributed by atoms with Crippen molar-refractivity contribution in [1.82, 2.24) is 15.0 Å². The van der Waals surface area contributed by atoms with Crippen molar-refractivity contribution in [2.75, 3.05) is 28.2 Å². The summed E-state index contributed by atoms with van der Waals surface area (Å²) in [5.74, 6) is 0.758. The van der Waals surface area contributed by atoms with Crippen LogP contribution in [0.15, 0.2) is 18.2 Å². The highest BCUT2D eigenvalue weighted by Gasteiger charge is 2.24. The maximum absolute atomic E-state index is 11.8. The number of nitrogens with zero attached hydrogens (tertiary/aromatic N) is 3. The largest absolute Gasteiger partial charge is 0.394 e. The first-order valence-corrected chi connectivity index (χ1v) is 12.4. The molecule has 1 amide bonds. The van der Waals surface area contributed by atoms with Gasteiger partial charge in [-0.15, -0.1) is 0 Å². The monoisotopic (exact) mass is 462 g/mol. The lowest BCUT2D eigenvalue weighted by atomic mass is 9.94. The number of rotatable bonds is 10. The van der Waals surface area contributed by atoms with Gasteiger partial charge >= 0.3 is 0 Å². The topological polar surface area (TPSA) is 146 Å². The molecule has 1 aromatic carbocycles. The molecule has 0 saturated heterocycles. The van der Waals surface area contributed by atoms with Crippen molar-refractivity contribution in [2.24, 2.45) is 5.92 Å². The van der Waals surface area contributed by atoms with Crippen LogP contribution < -0.4 is 15.4 Å². The molecule has 1 aliphatic rings. The molecule has 174 valence electrons. The lowest BCUT2D eigenvalue weighted by Crippen LogP contribution is -2.27. The lowest BCUT2D eigenvalue weighted by Gasteiger charge is -2.19. The Labute approximate surface area is 188 Å². The van der Waals surface area contributed by atoms with Crippen LogP contribution in [0.2, 0.25) is 0 Å². The van der Waals surface area contributed by atoms with Crippen molar-refractivity contribution >= 4 is 33.5 Å². The van der Waals surface area contributed by atoms with Crippen LogP contribution in [0.25, 0.3) is 0 Å². The Morgan fingerprint density at radius 2 is 1.88 bits per heavy atom. The summed E-state index contributed by atoms with van der Waals surface area (Å²) < 4.78 is 25.8. The van der Waals surface area contributed by atoms with Gasteiger partial charge in [-0.2, -0.15) is 15.0 Å². The second-order valence-electron chi connectivity index (χ2n) is 8.64. The minimum Gasteiger partial charge on any atom is -0.394 e. The zero-order chi connectivity index (χ0) is 23.5. The van der Waals surface area contributed by atoms with E-state index >= 15 is 0 Å². The lowest BCUT2D eigenvalue weighted by molar-refractivity contribution is -0.115. The van der Waals surface area contributed by atoms with Gasteiger partial charge in [-0.3, -0.25) is 9.52 Å². The highest BCUT2D eigenvalue weighted by Crippen LogP contribution is 2.33. The number of anilines is 3. The molecule has 3 rings (SSSR count). The zero-order valence-electron chi connectivity index (χ0n) is 18.7. The minimum atomic E-state index is -3.59. The number of benzene rings is 1. The Bertz CT molecular complexity index is 1090. The number of aliphatic hydroxyl groups excluding tert-OH is 1. The molecular weight excluding hydrogens is 432 g/mol. The van der Waals surface area contributed by atoms with Crippen molar-refractivity contribution in [3.8, 4) is 0 Å². The van der Waals surface area contributed by atoms with Crippen molar-refractivity contribution in [1.29, 1.82) is 0 Å². The van der Waals surface area contributed by atoms with Gasteiger partial charge in [-0.1, -0.05) is 39.0 Å². The van der Waals surface area contributed by atoms with Gasteiger partial charge in [-0.25, -0.2) is 8.42 Å². The van der Waals surface area contributed by atoms with Crippen LogP contribution in [0.1, 0.15) is 50.1 Å². The number of aliphatic hydroxyl groups is 1. The van der Waals surface area contributed by atoms with Crippen LogP contribution in [-0.2, 0) is 27.7 Å². The summed E-state index contributed by atoms with van der Waals surface area (Å²) in [5, 5.41) is 15.7. The van der Waals surface area contributed by atoms with Gasteiger partial charge in [-0.05, 0) is 29.4 Å². The summed E-state index contributed by atoms with van der Waals surface area (Å²) in [6.45, 7) is 5.97. The average molecular weight is 463 g/mol. The number of hydrogen-bond donors (Lipinski definition) is 4.